The quantitative estimate of drug-likeness (QED) is 0.502. The molecule has 2 aromatic heterocycles. The van der Waals surface area contributed by atoms with Gasteiger partial charge in [-0.2, -0.15) is 0 Å². The normalized spacial score (nSPS) is 13.1. The number of nitrogens with zero attached hydrogens (tertiary/aromatic N) is 3. The first-order valence-corrected chi connectivity index (χ1v) is 10.0. The Bertz CT molecular complexity index is 1360. The minimum Gasteiger partial charge on any atom is -0.487 e. The third-order valence-corrected chi connectivity index (χ3v) is 5.27. The summed E-state index contributed by atoms with van der Waals surface area (Å²) >= 11 is 0. The molecular formula is C23H20N4O4. The van der Waals surface area contributed by atoms with Crippen LogP contribution >= 0.6 is 0 Å². The summed E-state index contributed by atoms with van der Waals surface area (Å²) in [5.41, 5.74) is 4.56. The van der Waals surface area contributed by atoms with Crippen molar-refractivity contribution in [2.45, 2.75) is 32.9 Å². The van der Waals surface area contributed by atoms with Crippen LogP contribution in [0.3, 0.4) is 0 Å². The van der Waals surface area contributed by atoms with Gasteiger partial charge >= 0.3 is 5.63 Å². The zero-order valence-corrected chi connectivity index (χ0v) is 16.9. The van der Waals surface area contributed by atoms with Crippen molar-refractivity contribution in [3.63, 3.8) is 0 Å². The van der Waals surface area contributed by atoms with Crippen molar-refractivity contribution in [2.75, 3.05) is 5.32 Å². The van der Waals surface area contributed by atoms with Crippen molar-refractivity contribution in [3.8, 4) is 5.75 Å². The minimum atomic E-state index is -0.392. The number of aromatic nitrogens is 3. The predicted molar refractivity (Wildman–Crippen MR) is 114 cm³/mol. The first-order valence-electron chi connectivity index (χ1n) is 10.0. The molecule has 0 aliphatic carbocycles. The van der Waals surface area contributed by atoms with Gasteiger partial charge in [0.15, 0.2) is 0 Å². The number of carbonyl (C=O) groups excluding carboxylic acids is 1. The number of benzene rings is 2. The number of hydrogen-bond acceptors (Lipinski definition) is 6. The minimum absolute atomic E-state index is 0.0187. The summed E-state index contributed by atoms with van der Waals surface area (Å²) < 4.78 is 12.8. The monoisotopic (exact) mass is 416 g/mol. The largest absolute Gasteiger partial charge is 0.487 e. The molecule has 8 nitrogen and oxygen atoms in total. The molecule has 4 aromatic rings. The van der Waals surface area contributed by atoms with Crippen molar-refractivity contribution in [1.29, 1.82) is 0 Å². The Kier molecular flexibility index (Phi) is 4.74. The highest BCUT2D eigenvalue weighted by Crippen LogP contribution is 2.27. The highest BCUT2D eigenvalue weighted by Gasteiger charge is 2.15. The van der Waals surface area contributed by atoms with Crippen LogP contribution in [0.4, 0.5) is 5.69 Å². The van der Waals surface area contributed by atoms with Crippen molar-refractivity contribution in [1.82, 2.24) is 15.0 Å². The van der Waals surface area contributed by atoms with Gasteiger partial charge in [0.2, 0.25) is 5.91 Å². The van der Waals surface area contributed by atoms with Gasteiger partial charge in [0.05, 0.1) is 12.7 Å². The second-order valence-corrected chi connectivity index (χ2v) is 7.65. The zero-order chi connectivity index (χ0) is 21.4. The molecule has 0 spiro atoms. The Balaban J connectivity index is 1.30. The number of fused-ring (bicyclic) bond motifs is 2. The fourth-order valence-corrected chi connectivity index (χ4v) is 3.72. The maximum atomic E-state index is 11.9. The Hall–Kier alpha value is -3.94. The first-order chi connectivity index (χ1) is 15.0. The SMILES string of the molecule is Cc1ccc2c(Cn3cc(COc4ccc5c(c4)NC(=O)CC5)nn3)cc(=O)oc2c1. The molecule has 0 saturated carbocycles. The highest BCUT2D eigenvalue weighted by atomic mass is 16.5. The lowest BCUT2D eigenvalue weighted by Gasteiger charge is -2.17. The van der Waals surface area contributed by atoms with Crippen LogP contribution in [0.1, 0.15) is 28.8 Å². The van der Waals surface area contributed by atoms with Crippen LogP contribution in [-0.2, 0) is 24.4 Å². The van der Waals surface area contributed by atoms with E-state index in [4.69, 9.17) is 9.15 Å². The fraction of sp³-hybridized carbons (Fsp3) is 0.217. The average Bonchev–Trinajstić information content (AvgIpc) is 3.18. The Labute approximate surface area is 177 Å². The molecule has 0 bridgehead atoms. The van der Waals surface area contributed by atoms with Crippen molar-refractivity contribution < 1.29 is 13.9 Å². The van der Waals surface area contributed by atoms with E-state index < -0.39 is 5.63 Å². The molecule has 3 heterocycles. The lowest BCUT2D eigenvalue weighted by atomic mass is 10.0. The number of aryl methyl sites for hydroxylation is 2. The fourth-order valence-electron chi connectivity index (χ4n) is 3.72. The molecule has 2 aromatic carbocycles. The molecule has 1 aliphatic rings. The van der Waals surface area contributed by atoms with Crippen LogP contribution < -0.4 is 15.7 Å². The summed E-state index contributed by atoms with van der Waals surface area (Å²) in [5, 5.41) is 12.1. The highest BCUT2D eigenvalue weighted by molar-refractivity contribution is 5.94. The number of ether oxygens (including phenoxy) is 1. The van der Waals surface area contributed by atoms with E-state index in [1.165, 1.54) is 6.07 Å². The van der Waals surface area contributed by atoms with Crippen molar-refractivity contribution in [3.05, 3.63) is 81.5 Å². The predicted octanol–water partition coefficient (Wildman–Crippen LogP) is 3.20. The topological polar surface area (TPSA) is 99.2 Å². The number of rotatable bonds is 5. The molecule has 0 fully saturated rings. The van der Waals surface area contributed by atoms with Gasteiger partial charge in [0, 0.05) is 29.6 Å². The molecule has 0 saturated heterocycles. The third kappa shape index (κ3) is 4.05. The first kappa shape index (κ1) is 19.0. The zero-order valence-electron chi connectivity index (χ0n) is 16.9. The Morgan fingerprint density at radius 3 is 2.94 bits per heavy atom. The van der Waals surface area contributed by atoms with Crippen molar-refractivity contribution >= 4 is 22.6 Å². The molecule has 8 heteroatoms. The molecule has 0 atom stereocenters. The standard InChI is InChI=1S/C23H20N4O4/c1-14-2-6-19-16(9-23(29)31-21(19)8-14)11-27-12-17(25-26-27)13-30-18-5-3-15-4-7-22(28)24-20(15)10-18/h2-3,5-6,8-10,12H,4,7,11,13H2,1H3,(H,24,28). The van der Waals surface area contributed by atoms with E-state index in [2.05, 4.69) is 15.6 Å². The van der Waals surface area contributed by atoms with Gasteiger partial charge in [-0.1, -0.05) is 23.4 Å². The molecule has 1 aliphatic heterocycles. The molecule has 5 rings (SSSR count). The van der Waals surface area contributed by atoms with Crippen LogP contribution in [-0.4, -0.2) is 20.9 Å². The maximum Gasteiger partial charge on any atom is 0.336 e. The number of anilines is 1. The molecule has 1 amide bonds. The lowest BCUT2D eigenvalue weighted by molar-refractivity contribution is -0.116. The van der Waals surface area contributed by atoms with E-state index in [0.717, 1.165) is 34.2 Å². The molecule has 31 heavy (non-hydrogen) atoms. The summed E-state index contributed by atoms with van der Waals surface area (Å²) in [7, 11) is 0. The average molecular weight is 416 g/mol. The second kappa shape index (κ2) is 7.71. The second-order valence-electron chi connectivity index (χ2n) is 7.65. The van der Waals surface area contributed by atoms with Crippen LogP contribution in [0.2, 0.25) is 0 Å². The number of hydrogen-bond donors (Lipinski definition) is 1. The Morgan fingerprint density at radius 2 is 2.03 bits per heavy atom. The summed E-state index contributed by atoms with van der Waals surface area (Å²) in [6.07, 6.45) is 3.03. The molecule has 0 radical (unpaired) electrons. The van der Waals surface area contributed by atoms with Gasteiger partial charge in [-0.3, -0.25) is 4.79 Å². The number of amides is 1. The molecule has 156 valence electrons. The van der Waals surface area contributed by atoms with E-state index in [-0.39, 0.29) is 12.5 Å². The van der Waals surface area contributed by atoms with E-state index in [0.29, 0.717) is 30.0 Å². The molecule has 0 unspecified atom stereocenters. The van der Waals surface area contributed by atoms with Crippen LogP contribution in [0.5, 0.6) is 5.75 Å². The lowest BCUT2D eigenvalue weighted by Crippen LogP contribution is -2.18. The number of nitrogens with one attached hydrogen (secondary N) is 1. The van der Waals surface area contributed by atoms with Gasteiger partial charge < -0.3 is 14.5 Å². The molecular weight excluding hydrogens is 396 g/mol. The van der Waals surface area contributed by atoms with Crippen LogP contribution in [0.25, 0.3) is 11.0 Å². The summed E-state index contributed by atoms with van der Waals surface area (Å²) in [4.78, 5) is 23.5. The van der Waals surface area contributed by atoms with Gasteiger partial charge in [0.25, 0.3) is 0 Å². The van der Waals surface area contributed by atoms with Gasteiger partial charge in [-0.05, 0) is 42.2 Å². The van der Waals surface area contributed by atoms with Crippen molar-refractivity contribution in [2.24, 2.45) is 0 Å². The van der Waals surface area contributed by atoms with Crippen LogP contribution in [0, 0.1) is 6.92 Å². The van der Waals surface area contributed by atoms with E-state index in [1.807, 2.05) is 43.3 Å². The molecule has 1 N–H and O–H groups in total. The smallest absolute Gasteiger partial charge is 0.336 e. The maximum absolute atomic E-state index is 11.9. The number of carbonyl (C=O) groups is 1. The van der Waals surface area contributed by atoms with E-state index in [1.54, 1.807) is 10.9 Å². The van der Waals surface area contributed by atoms with Gasteiger partial charge in [-0.15, -0.1) is 5.10 Å². The third-order valence-electron chi connectivity index (χ3n) is 5.27. The summed E-state index contributed by atoms with van der Waals surface area (Å²) in [5.74, 6) is 0.669. The van der Waals surface area contributed by atoms with E-state index >= 15 is 0 Å². The van der Waals surface area contributed by atoms with Gasteiger partial charge in [0.1, 0.15) is 23.6 Å². The Morgan fingerprint density at radius 1 is 1.13 bits per heavy atom. The van der Waals surface area contributed by atoms with Crippen LogP contribution in [0.15, 0.2) is 57.9 Å². The summed E-state index contributed by atoms with van der Waals surface area (Å²) in [6, 6.07) is 12.9. The van der Waals surface area contributed by atoms with Gasteiger partial charge in [-0.25, -0.2) is 9.48 Å². The van der Waals surface area contributed by atoms with E-state index in [9.17, 15) is 9.59 Å². The summed E-state index contributed by atoms with van der Waals surface area (Å²) in [6.45, 7) is 2.58.